The summed E-state index contributed by atoms with van der Waals surface area (Å²) in [6, 6.07) is 37.7. The number of aliphatic hydroxyl groups is 4. The lowest BCUT2D eigenvalue weighted by Crippen LogP contribution is -2.44. The first-order chi connectivity index (χ1) is 65.2. The van der Waals surface area contributed by atoms with Crippen molar-refractivity contribution in [2.24, 2.45) is 23.7 Å². The number of Topliss-reactive ketones (excluding diaryl/α,β-unsaturated/α-hetero) is 4. The van der Waals surface area contributed by atoms with Crippen LogP contribution in [0.15, 0.2) is 178 Å². The Morgan fingerprint density at radius 1 is 0.375 bits per heavy atom. The van der Waals surface area contributed by atoms with Gasteiger partial charge in [-0.25, -0.2) is 29.9 Å². The van der Waals surface area contributed by atoms with Crippen LogP contribution < -0.4 is 0 Å². The highest BCUT2D eigenvalue weighted by Gasteiger charge is 2.47. The van der Waals surface area contributed by atoms with E-state index in [9.17, 15) is 58.8 Å². The molecule has 0 aliphatic carbocycles. The fraction of sp³-hybridized carbons (Fsp3) is 0.438. The number of hydrogen-bond acceptors (Lipinski definition) is 27. The third kappa shape index (κ3) is 25.6. The lowest BCUT2D eigenvalue weighted by Gasteiger charge is -2.30. The van der Waals surface area contributed by atoms with Crippen LogP contribution in [0.1, 0.15) is 209 Å². The van der Waals surface area contributed by atoms with Crippen molar-refractivity contribution in [2.45, 2.75) is 246 Å². The second kappa shape index (κ2) is 47.3. The molecule has 4 saturated heterocycles. The number of carbonyl (C=O) groups is 8. The zero-order valence-electron chi connectivity index (χ0n) is 79.6. The average molecular weight is 1940 g/mol. The van der Waals surface area contributed by atoms with Gasteiger partial charge in [-0.2, -0.15) is 10.2 Å². The standard InChI is InChI=1S/C27H31N3O3S.C26H30N4O3S.C26H31N3O4S.C26H31N3O3S2/c1-17(2)25(21-5-4-12-28-14-21)27(33)30-15-22(31)13-23(30)24(32)11-8-19-6-9-20(10-7-19)26-18(3)29-16-34-26;1-16(2)24(21-5-4-12-28-29-21)26(33)30-14-20(31)13-22(30)23(32)11-8-18-6-9-19(10-7-18)25-17(3)27-15-34-25;1-15(2)23(25-27-12-16(3)33-25)26(32)29-13-20(30)11-21(29)22(31)10-7-18-5-8-19(9-6-18)24-17(4)28-14-34-24;1-15(2)24(21-13-33-17(4)28-21)26(32)29-12-20(30)11-22(29)23(31)10-7-18-5-8-19(9-6-18)25-16(3)27-14-34-25/h4-7,9-10,12,14,16-17,22-23,25,31H,8,11,13,15H2,1-3H3;4-7,9-10,12,15-16,20,22,24,31H,8,11,13-14H2,1-3H3;5-6,8-9,12,14-15,20-21,23,30H,7,10-11,13H2,1-4H3;5-6,8-9,13-15,20,22,24,30H,7,10-12H2,1-4H3/t22-,23+,25-;20-,22+,24-;20-,21+,23-;20-,22+,24-/m1111/s1. The molecule has 4 N–H and O–H groups in total. The number of β-amino-alcohol motifs (C(OH)–C–C–N with tert-alkyl or cyclic N) is 4. The van der Waals surface area contributed by atoms with Crippen molar-refractivity contribution >= 4 is 103 Å². The first kappa shape index (κ1) is 102. The minimum absolute atomic E-state index is 0.000899. The fourth-order valence-electron chi connectivity index (χ4n) is 18.6. The number of thiazole rings is 5. The SMILES string of the molecule is Cc1cnc([C@H](C(=O)N2C[C@H](O)C[C@H]2C(=O)CCc2ccc(-c3scnc3C)cc2)C(C)C)o1.Cc1nc([C@H](C(=O)N2C[C@H](O)C[C@H]2C(=O)CCc2ccc(-c3scnc3C)cc2)C(C)C)cs1.Cc1ncsc1-c1ccc(CCC(=O)[C@@H]2C[C@@H](O)CN2C(=O)[C@@H](c2cccnc2)C(C)C)cc1.Cc1ncsc1-c1ccc(CCC(=O)[C@@H]2C[C@@H](O)CN2C(=O)[C@@H](c2cccnn2)C(C)C)cc1. The quantitative estimate of drug-likeness (QED) is 0.0304. The van der Waals surface area contributed by atoms with E-state index in [0.29, 0.717) is 81.6 Å². The van der Waals surface area contributed by atoms with Gasteiger partial charge < -0.3 is 44.4 Å². The summed E-state index contributed by atoms with van der Waals surface area (Å²) in [4.78, 5) is 148. The molecule has 0 spiro atoms. The summed E-state index contributed by atoms with van der Waals surface area (Å²) < 4.78 is 5.65. The molecule has 4 aliphatic rings. The largest absolute Gasteiger partial charge is 0.445 e. The molecule has 12 heterocycles. The smallest absolute Gasteiger partial charge is 0.236 e. The molecule has 4 aromatic carbocycles. The number of nitrogens with zero attached hydrogens (tertiary/aromatic N) is 13. The Balaban J connectivity index is 0.000000153. The summed E-state index contributed by atoms with van der Waals surface area (Å²) >= 11 is 7.99. The predicted molar refractivity (Wildman–Crippen MR) is 532 cm³/mol. The van der Waals surface area contributed by atoms with Crippen LogP contribution in [-0.2, 0) is 64.0 Å². The molecular weight excluding hydrogens is 1810 g/mol. The van der Waals surface area contributed by atoms with E-state index in [1.165, 1.54) is 16.2 Å². The van der Waals surface area contributed by atoms with Crippen LogP contribution in [0.5, 0.6) is 0 Å². The fourth-order valence-corrected chi connectivity index (χ4v) is 22.5. The number of aromatic nitrogens is 9. The third-order valence-electron chi connectivity index (χ3n) is 25.8. The van der Waals surface area contributed by atoms with Crippen LogP contribution >= 0.6 is 56.7 Å². The van der Waals surface area contributed by atoms with Gasteiger partial charge in [0, 0.05) is 102 Å². The first-order valence-corrected chi connectivity index (χ1v) is 51.1. The molecule has 16 rings (SSSR count). The molecule has 12 aromatic rings. The number of pyridine rings is 1. The Morgan fingerprint density at radius 2 is 0.691 bits per heavy atom. The van der Waals surface area contributed by atoms with Crippen LogP contribution in [0.3, 0.4) is 0 Å². The number of amides is 4. The number of hydrogen-bond donors (Lipinski definition) is 4. The van der Waals surface area contributed by atoms with Crippen LogP contribution in [0.25, 0.3) is 41.8 Å². The Kier molecular flexibility index (Phi) is 35.6. The van der Waals surface area contributed by atoms with Crippen LogP contribution in [0.2, 0.25) is 0 Å². The summed E-state index contributed by atoms with van der Waals surface area (Å²) in [6.07, 6.45) is 8.62. The van der Waals surface area contributed by atoms with Crippen molar-refractivity contribution in [3.8, 4) is 41.8 Å². The van der Waals surface area contributed by atoms with Gasteiger partial charge in [0.25, 0.3) is 0 Å². The van der Waals surface area contributed by atoms with E-state index in [-0.39, 0.29) is 109 Å². The van der Waals surface area contributed by atoms with Crippen molar-refractivity contribution in [1.29, 1.82) is 0 Å². The van der Waals surface area contributed by atoms with Crippen LogP contribution in [0.4, 0.5) is 0 Å². The van der Waals surface area contributed by atoms with Crippen molar-refractivity contribution in [2.75, 3.05) is 26.2 Å². The Labute approximate surface area is 815 Å². The molecule has 0 bridgehead atoms. The normalized spacial score (nSPS) is 19.0. The number of likely N-dealkylation sites (tertiary alicyclic amines) is 4. The van der Waals surface area contributed by atoms with E-state index in [0.717, 1.165) is 103 Å². The zero-order chi connectivity index (χ0) is 97.3. The monoisotopic (exact) mass is 1930 g/mol. The highest BCUT2D eigenvalue weighted by atomic mass is 32.1. The van der Waals surface area contributed by atoms with Gasteiger partial charge in [0.2, 0.25) is 29.5 Å². The summed E-state index contributed by atoms with van der Waals surface area (Å²) in [5, 5.41) is 52.2. The second-order valence-electron chi connectivity index (χ2n) is 37.2. The van der Waals surface area contributed by atoms with Crippen LogP contribution in [-0.4, -0.2) is 207 Å². The van der Waals surface area contributed by atoms with E-state index in [4.69, 9.17) is 4.42 Å². The third-order valence-corrected chi connectivity index (χ3v) is 30.5. The maximum atomic E-state index is 13.5. The van der Waals surface area contributed by atoms with E-state index in [1.54, 1.807) is 104 Å². The van der Waals surface area contributed by atoms with Gasteiger partial charge in [-0.05, 0) is 159 Å². The van der Waals surface area contributed by atoms with E-state index in [1.807, 2.05) is 178 Å². The first-order valence-electron chi connectivity index (χ1n) is 46.7. The van der Waals surface area contributed by atoms with Gasteiger partial charge in [0.1, 0.15) is 11.7 Å². The van der Waals surface area contributed by atoms with Crippen molar-refractivity contribution < 1.29 is 63.2 Å². The number of rotatable bonds is 32. The number of benzene rings is 4. The van der Waals surface area contributed by atoms with Gasteiger partial charge in [-0.15, -0.1) is 56.7 Å². The molecule has 26 nitrogen and oxygen atoms in total. The molecular formula is C105H123N13O13S5. The summed E-state index contributed by atoms with van der Waals surface area (Å²) in [5.41, 5.74) is 22.4. The number of oxazole rings is 1. The Hall–Kier alpha value is -11.1. The molecule has 0 radical (unpaired) electrons. The maximum absolute atomic E-state index is 13.5. The van der Waals surface area contributed by atoms with E-state index in [2.05, 4.69) is 93.6 Å². The summed E-state index contributed by atoms with van der Waals surface area (Å²) in [6.45, 7) is 28.2. The molecule has 4 fully saturated rings. The molecule has 0 unspecified atom stereocenters. The van der Waals surface area contributed by atoms with Crippen molar-refractivity contribution in [1.82, 2.24) is 64.7 Å². The van der Waals surface area contributed by atoms with E-state index < -0.39 is 72.3 Å². The minimum Gasteiger partial charge on any atom is -0.445 e. The maximum Gasteiger partial charge on any atom is 0.236 e. The number of aryl methyl sites for hydroxylation is 10. The average Bonchev–Trinajstić information content (AvgIpc) is 1.65. The predicted octanol–water partition coefficient (Wildman–Crippen LogP) is 17.3. The van der Waals surface area contributed by atoms with Crippen molar-refractivity contribution in [3.63, 3.8) is 0 Å². The molecule has 136 heavy (non-hydrogen) atoms. The Morgan fingerprint density at radius 3 is 0.956 bits per heavy atom. The van der Waals surface area contributed by atoms with Gasteiger partial charge in [0.15, 0.2) is 23.1 Å². The lowest BCUT2D eigenvalue weighted by molar-refractivity contribution is -0.140. The number of carbonyl (C=O) groups excluding carboxylic acids is 8. The Bertz CT molecular complexity index is 5650. The highest BCUT2D eigenvalue weighted by Crippen LogP contribution is 2.40. The number of ketones is 4. The van der Waals surface area contributed by atoms with Crippen LogP contribution in [0, 0.1) is 65.2 Å². The minimum atomic E-state index is -0.709. The summed E-state index contributed by atoms with van der Waals surface area (Å²) in [7, 11) is 0. The summed E-state index contributed by atoms with van der Waals surface area (Å²) in [5.74, 6) is -1.52. The zero-order valence-corrected chi connectivity index (χ0v) is 83.7. The highest BCUT2D eigenvalue weighted by molar-refractivity contribution is 7.14. The molecule has 716 valence electrons. The second-order valence-corrected chi connectivity index (χ2v) is 41.7. The van der Waals surface area contributed by atoms with Gasteiger partial charge >= 0.3 is 0 Å². The van der Waals surface area contributed by atoms with Gasteiger partial charge in [-0.1, -0.05) is 159 Å². The molecule has 12 atom stereocenters. The molecule has 8 aromatic heterocycles. The molecule has 4 amide bonds. The molecule has 4 aliphatic heterocycles. The van der Waals surface area contributed by atoms with Crippen molar-refractivity contribution in [3.05, 3.63) is 252 Å². The number of aliphatic hydroxyl groups excluding tert-OH is 4. The molecule has 31 heteroatoms. The topological polar surface area (TPSA) is 360 Å². The lowest BCUT2D eigenvalue weighted by atomic mass is 9.87. The van der Waals surface area contributed by atoms with E-state index >= 15 is 0 Å². The van der Waals surface area contributed by atoms with Gasteiger partial charge in [0.05, 0.1) is 153 Å². The molecule has 0 saturated carbocycles. The van der Waals surface area contributed by atoms with Gasteiger partial charge in [-0.3, -0.25) is 43.3 Å².